The molecule has 2 aromatic rings. The van der Waals surface area contributed by atoms with Crippen molar-refractivity contribution in [3.8, 4) is 6.01 Å². The Morgan fingerprint density at radius 1 is 1.17 bits per heavy atom. The van der Waals surface area contributed by atoms with Gasteiger partial charge >= 0.3 is 12.1 Å². The van der Waals surface area contributed by atoms with Crippen LogP contribution in [0.2, 0.25) is 0 Å². The molecule has 36 heavy (non-hydrogen) atoms. The summed E-state index contributed by atoms with van der Waals surface area (Å²) in [4.78, 5) is 32.2. The fourth-order valence-electron chi connectivity index (χ4n) is 5.17. The van der Waals surface area contributed by atoms with E-state index in [0.29, 0.717) is 51.4 Å². The van der Waals surface area contributed by atoms with Gasteiger partial charge in [0.15, 0.2) is 0 Å². The van der Waals surface area contributed by atoms with Crippen molar-refractivity contribution >= 4 is 11.9 Å². The van der Waals surface area contributed by atoms with E-state index < -0.39 is 0 Å². The zero-order chi connectivity index (χ0) is 24.9. The number of piperazine rings is 1. The van der Waals surface area contributed by atoms with Crippen molar-refractivity contribution in [3.63, 3.8) is 0 Å². The smallest absolute Gasteiger partial charge is 0.410 e. The van der Waals surface area contributed by atoms with Gasteiger partial charge in [0.1, 0.15) is 25.1 Å². The number of rotatable bonds is 7. The number of likely N-dealkylation sites (N-methyl/N-ethyl adjacent to an activating group) is 1. The summed E-state index contributed by atoms with van der Waals surface area (Å²) in [5.41, 5.74) is 2.97. The van der Waals surface area contributed by atoms with Gasteiger partial charge in [0.05, 0.1) is 5.69 Å². The summed E-state index contributed by atoms with van der Waals surface area (Å²) < 4.78 is 11.6. The highest BCUT2D eigenvalue weighted by Crippen LogP contribution is 2.29. The lowest BCUT2D eigenvalue weighted by atomic mass is 10.1. The molecule has 3 aliphatic heterocycles. The number of fused-ring (bicyclic) bond motifs is 1. The lowest BCUT2D eigenvalue weighted by Crippen LogP contribution is -2.56. The summed E-state index contributed by atoms with van der Waals surface area (Å²) in [6, 6.07) is 10.1. The van der Waals surface area contributed by atoms with Crippen LogP contribution in [0.25, 0.3) is 4.85 Å². The van der Waals surface area contributed by atoms with Crippen LogP contribution in [0.5, 0.6) is 6.01 Å². The van der Waals surface area contributed by atoms with Crippen LogP contribution >= 0.6 is 0 Å². The van der Waals surface area contributed by atoms with Gasteiger partial charge in [-0.15, -0.1) is 0 Å². The molecule has 0 bridgehead atoms. The minimum absolute atomic E-state index is 0.208. The molecule has 2 saturated heterocycles. The highest BCUT2D eigenvalue weighted by atomic mass is 16.6. The molecule has 0 aliphatic carbocycles. The highest BCUT2D eigenvalue weighted by Gasteiger charge is 2.36. The molecule has 10 nitrogen and oxygen atoms in total. The maximum atomic E-state index is 12.9. The molecule has 190 valence electrons. The zero-order valence-electron chi connectivity index (χ0n) is 20.7. The zero-order valence-corrected chi connectivity index (χ0v) is 20.7. The van der Waals surface area contributed by atoms with E-state index in [1.54, 1.807) is 4.90 Å². The molecule has 3 aliphatic rings. The number of likely N-dealkylation sites (tertiary alicyclic amines) is 1. The van der Waals surface area contributed by atoms with E-state index in [-0.39, 0.29) is 25.3 Å². The molecule has 5 rings (SSSR count). The van der Waals surface area contributed by atoms with Crippen LogP contribution in [0.3, 0.4) is 0 Å². The number of carbonyl (C=O) groups is 1. The Labute approximate surface area is 212 Å². The molecule has 1 aromatic heterocycles. The van der Waals surface area contributed by atoms with E-state index >= 15 is 0 Å². The Bertz CT molecular complexity index is 1110. The van der Waals surface area contributed by atoms with E-state index in [4.69, 9.17) is 21.0 Å². The van der Waals surface area contributed by atoms with Gasteiger partial charge in [-0.05, 0) is 32.0 Å². The van der Waals surface area contributed by atoms with Crippen LogP contribution in [-0.4, -0.2) is 84.3 Å². The molecule has 0 spiro atoms. The van der Waals surface area contributed by atoms with Crippen molar-refractivity contribution in [2.45, 2.75) is 44.6 Å². The third kappa shape index (κ3) is 5.37. The number of hydrogen-bond donors (Lipinski definition) is 1. The highest BCUT2D eigenvalue weighted by molar-refractivity contribution is 5.69. The molecule has 2 atom stereocenters. The van der Waals surface area contributed by atoms with Gasteiger partial charge in [-0.1, -0.05) is 30.3 Å². The lowest BCUT2D eigenvalue weighted by molar-refractivity contribution is 0.0788. The minimum Gasteiger partial charge on any atom is -0.462 e. The monoisotopic (exact) mass is 491 g/mol. The average molecular weight is 492 g/mol. The van der Waals surface area contributed by atoms with Crippen molar-refractivity contribution in [3.05, 3.63) is 58.6 Å². The lowest BCUT2D eigenvalue weighted by Gasteiger charge is -2.39. The maximum Gasteiger partial charge on any atom is 0.410 e. The largest absolute Gasteiger partial charge is 0.462 e. The Morgan fingerprint density at radius 2 is 2.03 bits per heavy atom. The molecular weight excluding hydrogens is 458 g/mol. The summed E-state index contributed by atoms with van der Waals surface area (Å²) in [7, 11) is 2.13. The number of benzene rings is 1. The fourth-order valence-corrected chi connectivity index (χ4v) is 5.17. The van der Waals surface area contributed by atoms with Crippen molar-refractivity contribution in [2.24, 2.45) is 0 Å². The summed E-state index contributed by atoms with van der Waals surface area (Å²) in [5.74, 6) is 0.840. The third-order valence-corrected chi connectivity index (χ3v) is 7.24. The second-order valence-corrected chi connectivity index (χ2v) is 9.62. The second kappa shape index (κ2) is 11.1. The number of hydrogen-bond acceptors (Lipinski definition) is 8. The van der Waals surface area contributed by atoms with E-state index in [0.717, 1.165) is 35.6 Å². The maximum absolute atomic E-state index is 12.9. The van der Waals surface area contributed by atoms with Gasteiger partial charge in [0.2, 0.25) is 6.54 Å². The molecule has 0 radical (unpaired) electrons. The Balaban J connectivity index is 1.28. The molecule has 10 heteroatoms. The number of aromatic nitrogens is 2. The van der Waals surface area contributed by atoms with E-state index in [1.165, 1.54) is 6.42 Å². The molecule has 4 heterocycles. The minimum atomic E-state index is -0.383. The number of carbonyl (C=O) groups excluding carboxylic acids is 1. The van der Waals surface area contributed by atoms with Crippen molar-refractivity contribution in [2.75, 3.05) is 51.3 Å². The van der Waals surface area contributed by atoms with Crippen LogP contribution in [0.4, 0.5) is 10.6 Å². The first-order chi connectivity index (χ1) is 17.6. The van der Waals surface area contributed by atoms with Gasteiger partial charge in [-0.2, -0.15) is 9.97 Å². The molecule has 1 aromatic carbocycles. The SMILES string of the molecule is [C-]#[N+]C[C@H]1CN(c2nc(OC[C@@H]3CCCN3C)nc3c2CNC3)CCN1C(=O)OCc1ccccc1. The first kappa shape index (κ1) is 24.3. The first-order valence-corrected chi connectivity index (χ1v) is 12.6. The summed E-state index contributed by atoms with van der Waals surface area (Å²) in [6.07, 6.45) is 1.92. The van der Waals surface area contributed by atoms with Gasteiger partial charge in [0.25, 0.3) is 0 Å². The van der Waals surface area contributed by atoms with Gasteiger partial charge in [0, 0.05) is 44.3 Å². The Hall–Kier alpha value is -3.42. The van der Waals surface area contributed by atoms with Crippen LogP contribution in [0.15, 0.2) is 30.3 Å². The first-order valence-electron chi connectivity index (χ1n) is 12.6. The third-order valence-electron chi connectivity index (χ3n) is 7.24. The average Bonchev–Trinajstić information content (AvgIpc) is 3.55. The van der Waals surface area contributed by atoms with Crippen molar-refractivity contribution in [1.29, 1.82) is 0 Å². The molecule has 1 N–H and O–H groups in total. The second-order valence-electron chi connectivity index (χ2n) is 9.62. The molecule has 1 amide bonds. The van der Waals surface area contributed by atoms with Crippen molar-refractivity contribution in [1.82, 2.24) is 25.1 Å². The number of nitrogens with one attached hydrogen (secondary N) is 1. The summed E-state index contributed by atoms with van der Waals surface area (Å²) >= 11 is 0. The Morgan fingerprint density at radius 3 is 2.81 bits per heavy atom. The molecular formula is C26H33N7O3. The van der Waals surface area contributed by atoms with Crippen molar-refractivity contribution < 1.29 is 14.3 Å². The predicted octanol–water partition coefficient (Wildman–Crippen LogP) is 2.30. The topological polar surface area (TPSA) is 87.4 Å². The van der Waals surface area contributed by atoms with Gasteiger partial charge in [-0.3, -0.25) is 4.90 Å². The van der Waals surface area contributed by atoms with Crippen LogP contribution in [0.1, 0.15) is 29.7 Å². The normalized spacial score (nSPS) is 21.8. The van der Waals surface area contributed by atoms with Crippen LogP contribution in [-0.2, 0) is 24.4 Å². The molecule has 0 unspecified atom stereocenters. The number of anilines is 1. The van der Waals surface area contributed by atoms with Crippen LogP contribution < -0.4 is 15.0 Å². The predicted molar refractivity (Wildman–Crippen MR) is 135 cm³/mol. The summed E-state index contributed by atoms with van der Waals surface area (Å²) in [5, 5.41) is 3.37. The number of ether oxygens (including phenoxy) is 2. The quantitative estimate of drug-likeness (QED) is 0.591. The van der Waals surface area contributed by atoms with Gasteiger partial charge in [-0.25, -0.2) is 11.4 Å². The Kier molecular flexibility index (Phi) is 7.49. The number of nitrogens with zero attached hydrogens (tertiary/aromatic N) is 6. The van der Waals surface area contributed by atoms with E-state index in [2.05, 4.69) is 32.0 Å². The standard InChI is InChI=1S/C26H33N7O3/c1-27-13-21-16-32(11-12-33(21)26(34)36-17-19-7-4-3-5-8-19)24-22-14-28-15-23(22)29-25(30-24)35-18-20-9-6-10-31(20)2/h3-5,7-8,20-21,28H,6,9-18H2,2H3/t20-,21-/m0/s1. The van der Waals surface area contributed by atoms with E-state index in [1.807, 2.05) is 30.3 Å². The number of amides is 1. The fraction of sp³-hybridized carbons (Fsp3) is 0.538. The molecule has 0 saturated carbocycles. The van der Waals surface area contributed by atoms with Gasteiger partial charge < -0.3 is 29.4 Å². The van der Waals surface area contributed by atoms with Crippen LogP contribution in [0, 0.1) is 6.57 Å². The summed E-state index contributed by atoms with van der Waals surface area (Å²) in [6.45, 7) is 12.5. The van der Waals surface area contributed by atoms with E-state index in [9.17, 15) is 4.79 Å². The molecule has 2 fully saturated rings.